The Morgan fingerprint density at radius 2 is 1.63 bits per heavy atom. The highest BCUT2D eigenvalue weighted by atomic mass is 16.6. The van der Waals surface area contributed by atoms with E-state index >= 15 is 0 Å². The van der Waals surface area contributed by atoms with E-state index in [2.05, 4.69) is 0 Å². The van der Waals surface area contributed by atoms with Gasteiger partial charge in [0, 0.05) is 19.7 Å². The predicted octanol–water partition coefficient (Wildman–Crippen LogP) is 2.98. The first-order valence-electron chi connectivity index (χ1n) is 5.94. The van der Waals surface area contributed by atoms with Gasteiger partial charge in [0.25, 0.3) is 0 Å². The number of hydrogen-bond acceptors (Lipinski definition) is 4. The molecule has 1 rings (SSSR count). The molecule has 0 bridgehead atoms. The molecule has 1 aromatic rings. The zero-order chi connectivity index (χ0) is 14.6. The molecule has 0 aliphatic carbocycles. The van der Waals surface area contributed by atoms with E-state index in [0.717, 1.165) is 0 Å². The van der Waals surface area contributed by atoms with Crippen molar-refractivity contribution in [1.82, 2.24) is 0 Å². The van der Waals surface area contributed by atoms with Crippen LogP contribution in [0.4, 0.5) is 10.5 Å². The van der Waals surface area contributed by atoms with E-state index < -0.39 is 11.7 Å². The summed E-state index contributed by atoms with van der Waals surface area (Å²) in [6.07, 6.45) is -0.437. The lowest BCUT2D eigenvalue weighted by Crippen LogP contribution is -2.34. The van der Waals surface area contributed by atoms with E-state index in [1.54, 1.807) is 31.3 Å². The Labute approximate surface area is 113 Å². The van der Waals surface area contributed by atoms with Crippen LogP contribution < -0.4 is 9.64 Å². The second-order valence-electron chi connectivity index (χ2n) is 5.13. The Balaban J connectivity index is 2.75. The van der Waals surface area contributed by atoms with Crippen LogP contribution in [-0.2, 0) is 9.53 Å². The summed E-state index contributed by atoms with van der Waals surface area (Å²) in [5.74, 6) is 0.0575. The van der Waals surface area contributed by atoms with Gasteiger partial charge < -0.3 is 9.47 Å². The van der Waals surface area contributed by atoms with Crippen LogP contribution in [0, 0.1) is 0 Å². The van der Waals surface area contributed by atoms with Gasteiger partial charge in [-0.15, -0.1) is 0 Å². The molecule has 0 aromatic heterocycles. The predicted molar refractivity (Wildman–Crippen MR) is 72.4 cm³/mol. The Bertz CT molecular complexity index is 459. The third-order valence-electron chi connectivity index (χ3n) is 2.15. The molecule has 0 radical (unpaired) electrons. The lowest BCUT2D eigenvalue weighted by molar-refractivity contribution is -0.131. The number of ether oxygens (including phenoxy) is 2. The maximum atomic E-state index is 11.8. The second kappa shape index (κ2) is 5.73. The van der Waals surface area contributed by atoms with Crippen molar-refractivity contribution in [1.29, 1.82) is 0 Å². The highest BCUT2D eigenvalue weighted by Crippen LogP contribution is 2.20. The van der Waals surface area contributed by atoms with Gasteiger partial charge in [-0.05, 0) is 45.0 Å². The van der Waals surface area contributed by atoms with Crippen LogP contribution in [0.25, 0.3) is 0 Å². The molecule has 0 fully saturated rings. The van der Waals surface area contributed by atoms with E-state index in [1.807, 2.05) is 20.8 Å². The summed E-state index contributed by atoms with van der Waals surface area (Å²) in [5, 5.41) is 0. The fourth-order valence-electron chi connectivity index (χ4n) is 1.34. The topological polar surface area (TPSA) is 55.8 Å². The molecule has 0 aliphatic heterocycles. The minimum absolute atomic E-state index is 0.381. The van der Waals surface area contributed by atoms with Gasteiger partial charge >= 0.3 is 12.1 Å². The van der Waals surface area contributed by atoms with Crippen molar-refractivity contribution in [3.63, 3.8) is 0 Å². The molecular formula is C14H19NO4. The van der Waals surface area contributed by atoms with Crippen LogP contribution >= 0.6 is 0 Å². The number of hydrogen-bond donors (Lipinski definition) is 0. The smallest absolute Gasteiger partial charge is 0.414 e. The van der Waals surface area contributed by atoms with Gasteiger partial charge in [-0.2, -0.15) is 0 Å². The molecule has 1 amide bonds. The van der Waals surface area contributed by atoms with Crippen molar-refractivity contribution in [2.75, 3.05) is 11.9 Å². The lowest BCUT2D eigenvalue weighted by atomic mass is 10.2. The first kappa shape index (κ1) is 15.0. The monoisotopic (exact) mass is 265 g/mol. The Hall–Kier alpha value is -2.04. The maximum absolute atomic E-state index is 11.8. The van der Waals surface area contributed by atoms with Crippen LogP contribution in [-0.4, -0.2) is 24.7 Å². The molecule has 0 saturated carbocycles. The first-order valence-corrected chi connectivity index (χ1v) is 5.94. The molecule has 0 unspecified atom stereocenters. The van der Waals surface area contributed by atoms with Crippen LogP contribution in [0.2, 0.25) is 0 Å². The first-order chi connectivity index (χ1) is 8.69. The van der Waals surface area contributed by atoms with E-state index in [9.17, 15) is 9.59 Å². The summed E-state index contributed by atoms with van der Waals surface area (Å²) in [4.78, 5) is 24.0. The number of benzene rings is 1. The van der Waals surface area contributed by atoms with Crippen molar-refractivity contribution in [2.24, 2.45) is 0 Å². The zero-order valence-corrected chi connectivity index (χ0v) is 11.9. The number of esters is 1. The van der Waals surface area contributed by atoms with Gasteiger partial charge in [-0.3, -0.25) is 9.69 Å². The molecule has 19 heavy (non-hydrogen) atoms. The molecule has 0 spiro atoms. The number of nitrogens with zero attached hydrogens (tertiary/aromatic N) is 1. The zero-order valence-electron chi connectivity index (χ0n) is 11.9. The Morgan fingerprint density at radius 3 is 2.05 bits per heavy atom. The Morgan fingerprint density at radius 1 is 1.11 bits per heavy atom. The quantitative estimate of drug-likeness (QED) is 0.609. The SMILES string of the molecule is CC(=O)Oc1ccc(N(C)C(=O)OC(C)(C)C)cc1. The molecule has 5 heteroatoms. The van der Waals surface area contributed by atoms with Gasteiger partial charge in [0.05, 0.1) is 0 Å². The van der Waals surface area contributed by atoms with Crippen molar-refractivity contribution in [3.05, 3.63) is 24.3 Å². The van der Waals surface area contributed by atoms with Crippen molar-refractivity contribution in [2.45, 2.75) is 33.3 Å². The van der Waals surface area contributed by atoms with Gasteiger partial charge in [0.2, 0.25) is 0 Å². The highest BCUT2D eigenvalue weighted by molar-refractivity contribution is 5.87. The fraction of sp³-hybridized carbons (Fsp3) is 0.429. The van der Waals surface area contributed by atoms with Crippen LogP contribution in [0.1, 0.15) is 27.7 Å². The molecule has 0 heterocycles. The summed E-state index contributed by atoms with van der Waals surface area (Å²) in [7, 11) is 1.62. The number of carbonyl (C=O) groups is 2. The fourth-order valence-corrected chi connectivity index (χ4v) is 1.34. The number of rotatable bonds is 2. The van der Waals surface area contributed by atoms with Crippen molar-refractivity contribution < 1.29 is 19.1 Å². The summed E-state index contributed by atoms with van der Waals surface area (Å²) < 4.78 is 10.2. The summed E-state index contributed by atoms with van der Waals surface area (Å²) in [6.45, 7) is 6.76. The third-order valence-corrected chi connectivity index (χ3v) is 2.15. The standard InChI is InChI=1S/C14H19NO4/c1-10(16)18-12-8-6-11(7-9-12)15(5)13(17)19-14(2,3)4/h6-9H,1-5H3. The third kappa shape index (κ3) is 4.99. The van der Waals surface area contributed by atoms with Gasteiger partial charge in [-0.25, -0.2) is 4.79 Å². The second-order valence-corrected chi connectivity index (χ2v) is 5.13. The number of amides is 1. The van der Waals surface area contributed by atoms with E-state index in [4.69, 9.17) is 9.47 Å². The lowest BCUT2D eigenvalue weighted by Gasteiger charge is -2.24. The van der Waals surface area contributed by atoms with Crippen LogP contribution in [0.5, 0.6) is 5.75 Å². The molecule has 0 aliphatic rings. The van der Waals surface area contributed by atoms with E-state index in [1.165, 1.54) is 11.8 Å². The van der Waals surface area contributed by atoms with Crippen LogP contribution in [0.3, 0.4) is 0 Å². The van der Waals surface area contributed by atoms with Crippen molar-refractivity contribution >= 4 is 17.7 Å². The summed E-state index contributed by atoms with van der Waals surface area (Å²) >= 11 is 0. The normalized spacial score (nSPS) is 10.8. The van der Waals surface area contributed by atoms with Gasteiger partial charge in [0.1, 0.15) is 11.4 Å². The van der Waals surface area contributed by atoms with E-state index in [0.29, 0.717) is 11.4 Å². The van der Waals surface area contributed by atoms with Crippen molar-refractivity contribution in [3.8, 4) is 5.75 Å². The summed E-state index contributed by atoms with van der Waals surface area (Å²) in [5.41, 5.74) is 0.119. The number of anilines is 1. The average molecular weight is 265 g/mol. The minimum atomic E-state index is -0.539. The van der Waals surface area contributed by atoms with Gasteiger partial charge in [-0.1, -0.05) is 0 Å². The molecule has 104 valence electrons. The molecular weight excluding hydrogens is 246 g/mol. The molecule has 0 atom stereocenters. The summed E-state index contributed by atoms with van der Waals surface area (Å²) in [6, 6.07) is 6.61. The van der Waals surface area contributed by atoms with Gasteiger partial charge in [0.15, 0.2) is 0 Å². The molecule has 5 nitrogen and oxygen atoms in total. The van der Waals surface area contributed by atoms with E-state index in [-0.39, 0.29) is 5.97 Å². The molecule has 0 saturated heterocycles. The molecule has 0 N–H and O–H groups in total. The minimum Gasteiger partial charge on any atom is -0.443 e. The van der Waals surface area contributed by atoms with Crippen LogP contribution in [0.15, 0.2) is 24.3 Å². The largest absolute Gasteiger partial charge is 0.443 e. The maximum Gasteiger partial charge on any atom is 0.414 e. The molecule has 1 aromatic carbocycles. The average Bonchev–Trinajstić information content (AvgIpc) is 2.26. The Kier molecular flexibility index (Phi) is 4.53. The number of carbonyl (C=O) groups excluding carboxylic acids is 2. The highest BCUT2D eigenvalue weighted by Gasteiger charge is 2.20.